The predicted octanol–water partition coefficient (Wildman–Crippen LogP) is 1.99. The Morgan fingerprint density at radius 3 is 2.42 bits per heavy atom. The number of carbonyl (C=O) groups excluding carboxylic acids is 1. The zero-order valence-corrected chi connectivity index (χ0v) is 14.6. The number of carbonyl (C=O) groups is 2. The van der Waals surface area contributed by atoms with Crippen LogP contribution in [-0.4, -0.2) is 53.0 Å². The number of piperazine rings is 1. The van der Waals surface area contributed by atoms with Gasteiger partial charge in [-0.05, 0) is 36.0 Å². The topological polar surface area (TPSA) is 60.9 Å². The molecule has 3 aliphatic rings. The van der Waals surface area contributed by atoms with Gasteiger partial charge in [-0.1, -0.05) is 24.3 Å². The zero-order chi connectivity index (χ0) is 18.3. The monoisotopic (exact) mass is 358 g/mol. The molecule has 1 aromatic carbocycles. The van der Waals surface area contributed by atoms with E-state index in [1.54, 1.807) is 6.07 Å². The molecule has 1 saturated heterocycles. The van der Waals surface area contributed by atoms with Crippen LogP contribution in [0.1, 0.15) is 12.0 Å². The Bertz CT molecular complexity index is 742. The quantitative estimate of drug-likeness (QED) is 0.837. The second-order valence-electron chi connectivity index (χ2n) is 7.57. The third-order valence-corrected chi connectivity index (χ3v) is 6.01. The number of hydrogen-bond donors (Lipinski definition) is 1. The van der Waals surface area contributed by atoms with Gasteiger partial charge < -0.3 is 10.0 Å². The predicted molar refractivity (Wildman–Crippen MR) is 93.6 cm³/mol. The van der Waals surface area contributed by atoms with Crippen molar-refractivity contribution in [3.8, 4) is 0 Å². The van der Waals surface area contributed by atoms with Crippen LogP contribution in [-0.2, 0) is 16.1 Å². The van der Waals surface area contributed by atoms with Crippen molar-refractivity contribution in [2.24, 2.45) is 23.7 Å². The van der Waals surface area contributed by atoms with E-state index in [0.717, 1.165) is 25.1 Å². The lowest BCUT2D eigenvalue weighted by molar-refractivity contribution is -0.151. The number of benzene rings is 1. The molecule has 1 N–H and O–H groups in total. The fraction of sp³-hybridized carbons (Fsp3) is 0.500. The third kappa shape index (κ3) is 3.14. The highest BCUT2D eigenvalue weighted by Gasteiger charge is 2.52. The summed E-state index contributed by atoms with van der Waals surface area (Å²) in [5, 5.41) is 9.54. The number of hydrogen-bond acceptors (Lipinski definition) is 3. The number of aliphatic carboxylic acids is 1. The molecule has 0 aromatic heterocycles. The Balaban J connectivity index is 1.36. The number of fused-ring (bicyclic) bond motifs is 2. The highest BCUT2D eigenvalue weighted by atomic mass is 19.1. The zero-order valence-electron chi connectivity index (χ0n) is 14.6. The highest BCUT2D eigenvalue weighted by Crippen LogP contribution is 2.48. The number of carboxylic acid groups (broad SMARTS) is 1. The van der Waals surface area contributed by atoms with E-state index in [1.807, 2.05) is 23.1 Å². The number of amides is 1. The van der Waals surface area contributed by atoms with E-state index in [1.165, 1.54) is 12.1 Å². The van der Waals surface area contributed by atoms with Crippen molar-refractivity contribution in [2.45, 2.75) is 13.0 Å². The summed E-state index contributed by atoms with van der Waals surface area (Å²) in [5.41, 5.74) is 0.925. The molecule has 4 atom stereocenters. The van der Waals surface area contributed by atoms with Crippen molar-refractivity contribution >= 4 is 11.9 Å². The summed E-state index contributed by atoms with van der Waals surface area (Å²) in [6, 6.07) is 6.58. The van der Waals surface area contributed by atoms with E-state index < -0.39 is 17.8 Å². The first-order valence-corrected chi connectivity index (χ1v) is 9.19. The molecule has 0 radical (unpaired) electrons. The molecule has 0 spiro atoms. The molecule has 2 fully saturated rings. The number of nitrogens with zero attached hydrogens (tertiary/aromatic N) is 2. The van der Waals surface area contributed by atoms with Crippen LogP contribution in [0.15, 0.2) is 36.4 Å². The smallest absolute Gasteiger partial charge is 0.307 e. The lowest BCUT2D eigenvalue weighted by Gasteiger charge is -2.37. The molecule has 0 unspecified atom stereocenters. The molecule has 6 heteroatoms. The minimum absolute atomic E-state index is 0.000663. The largest absolute Gasteiger partial charge is 0.481 e. The van der Waals surface area contributed by atoms with Gasteiger partial charge in [0.15, 0.2) is 0 Å². The molecule has 1 aliphatic heterocycles. The summed E-state index contributed by atoms with van der Waals surface area (Å²) in [7, 11) is 0. The maximum atomic E-state index is 13.3. The molecule has 2 aliphatic carbocycles. The van der Waals surface area contributed by atoms with Crippen LogP contribution in [0.4, 0.5) is 4.39 Å². The SMILES string of the molecule is O=C(O)[C@H]1[C@@H](C(=O)N2CCN(Cc3cccc(F)c3)CC2)[C@H]2C=C[C@@H]1C2. The maximum absolute atomic E-state index is 13.3. The van der Waals surface area contributed by atoms with Gasteiger partial charge >= 0.3 is 5.97 Å². The summed E-state index contributed by atoms with van der Waals surface area (Å²) in [5.74, 6) is -2.04. The second kappa shape index (κ2) is 6.83. The normalized spacial score (nSPS) is 30.7. The van der Waals surface area contributed by atoms with Crippen molar-refractivity contribution in [3.63, 3.8) is 0 Å². The second-order valence-corrected chi connectivity index (χ2v) is 7.57. The van der Waals surface area contributed by atoms with Crippen LogP contribution in [0.5, 0.6) is 0 Å². The van der Waals surface area contributed by atoms with E-state index in [4.69, 9.17) is 0 Å². The molecule has 26 heavy (non-hydrogen) atoms. The fourth-order valence-corrected chi connectivity index (χ4v) is 4.73. The molecule has 2 bridgehead atoms. The number of rotatable bonds is 4. The van der Waals surface area contributed by atoms with E-state index in [-0.39, 0.29) is 23.6 Å². The van der Waals surface area contributed by atoms with Gasteiger partial charge in [0.2, 0.25) is 5.91 Å². The maximum Gasteiger partial charge on any atom is 0.307 e. The van der Waals surface area contributed by atoms with Crippen LogP contribution in [0.25, 0.3) is 0 Å². The minimum atomic E-state index is -0.857. The average Bonchev–Trinajstić information content (AvgIpc) is 3.23. The molecular formula is C20H23FN2O3. The molecule has 138 valence electrons. The Morgan fingerprint density at radius 2 is 1.77 bits per heavy atom. The van der Waals surface area contributed by atoms with Crippen LogP contribution in [0, 0.1) is 29.5 Å². The first-order valence-electron chi connectivity index (χ1n) is 9.19. The summed E-state index contributed by atoms with van der Waals surface area (Å²) < 4.78 is 13.3. The third-order valence-electron chi connectivity index (χ3n) is 6.01. The van der Waals surface area contributed by atoms with E-state index in [0.29, 0.717) is 19.6 Å². The van der Waals surface area contributed by atoms with Gasteiger partial charge in [0.05, 0.1) is 11.8 Å². The summed E-state index contributed by atoms with van der Waals surface area (Å²) in [6.07, 6.45) is 4.77. The molecule has 1 saturated carbocycles. The molecule has 5 nitrogen and oxygen atoms in total. The van der Waals surface area contributed by atoms with E-state index in [2.05, 4.69) is 4.90 Å². The van der Waals surface area contributed by atoms with Gasteiger partial charge in [-0.2, -0.15) is 0 Å². The van der Waals surface area contributed by atoms with Gasteiger partial charge in [-0.3, -0.25) is 14.5 Å². The van der Waals surface area contributed by atoms with Crippen LogP contribution in [0.2, 0.25) is 0 Å². The van der Waals surface area contributed by atoms with Gasteiger partial charge in [0, 0.05) is 32.7 Å². The fourth-order valence-electron chi connectivity index (χ4n) is 4.73. The molecule has 4 rings (SSSR count). The van der Waals surface area contributed by atoms with Gasteiger partial charge in [0.25, 0.3) is 0 Å². The van der Waals surface area contributed by atoms with Crippen molar-refractivity contribution in [3.05, 3.63) is 47.8 Å². The average molecular weight is 358 g/mol. The standard InChI is InChI=1S/C20H23FN2O3/c21-16-3-1-2-13(10-16)12-22-6-8-23(9-7-22)19(24)17-14-4-5-15(11-14)18(17)20(25)26/h1-5,10,14-15,17-18H,6-9,11-12H2,(H,25,26)/t14-,15+,17-,18+/m0/s1. The van der Waals surface area contributed by atoms with Gasteiger partial charge in [-0.15, -0.1) is 0 Å². The number of allylic oxidation sites excluding steroid dienone is 2. The number of carboxylic acids is 1. The van der Waals surface area contributed by atoms with Crippen LogP contribution >= 0.6 is 0 Å². The highest BCUT2D eigenvalue weighted by molar-refractivity contribution is 5.87. The van der Waals surface area contributed by atoms with Gasteiger partial charge in [-0.25, -0.2) is 4.39 Å². The van der Waals surface area contributed by atoms with Crippen molar-refractivity contribution in [2.75, 3.05) is 26.2 Å². The number of halogens is 1. The Hall–Kier alpha value is -2.21. The molecule has 1 aromatic rings. The Kier molecular flexibility index (Phi) is 4.53. The lowest BCUT2D eigenvalue weighted by atomic mass is 9.82. The van der Waals surface area contributed by atoms with Crippen LogP contribution < -0.4 is 0 Å². The Morgan fingerprint density at radius 1 is 1.08 bits per heavy atom. The molecule has 1 heterocycles. The minimum Gasteiger partial charge on any atom is -0.481 e. The Labute approximate surface area is 152 Å². The van der Waals surface area contributed by atoms with Crippen molar-refractivity contribution < 1.29 is 19.1 Å². The lowest BCUT2D eigenvalue weighted by Crippen LogP contribution is -2.52. The van der Waals surface area contributed by atoms with E-state index >= 15 is 0 Å². The molecule has 1 amide bonds. The first kappa shape index (κ1) is 17.2. The summed E-state index contributed by atoms with van der Waals surface area (Å²) >= 11 is 0. The first-order chi connectivity index (χ1) is 12.5. The van der Waals surface area contributed by atoms with Crippen molar-refractivity contribution in [1.82, 2.24) is 9.80 Å². The van der Waals surface area contributed by atoms with E-state index in [9.17, 15) is 19.1 Å². The summed E-state index contributed by atoms with van der Waals surface area (Å²) in [4.78, 5) is 28.6. The van der Waals surface area contributed by atoms with Crippen LogP contribution in [0.3, 0.4) is 0 Å². The summed E-state index contributed by atoms with van der Waals surface area (Å²) in [6.45, 7) is 3.29. The molecular weight excluding hydrogens is 335 g/mol. The van der Waals surface area contributed by atoms with Gasteiger partial charge in [0.1, 0.15) is 5.82 Å². The van der Waals surface area contributed by atoms with Crippen molar-refractivity contribution in [1.29, 1.82) is 0 Å².